The molecule has 4 bridgehead atoms. The van der Waals surface area contributed by atoms with Gasteiger partial charge in [0, 0.05) is 6.54 Å². The van der Waals surface area contributed by atoms with Crippen LogP contribution < -0.4 is 5.32 Å². The molecule has 0 saturated heterocycles. The first kappa shape index (κ1) is 17.1. The van der Waals surface area contributed by atoms with Crippen molar-refractivity contribution < 1.29 is 9.53 Å². The zero-order valence-corrected chi connectivity index (χ0v) is 14.9. The predicted molar refractivity (Wildman–Crippen MR) is 93.4 cm³/mol. The van der Waals surface area contributed by atoms with E-state index in [0.29, 0.717) is 0 Å². The third-order valence-electron chi connectivity index (χ3n) is 6.34. The number of hydrogen-bond donors (Lipinski definition) is 1. The number of ether oxygens (including phenoxy) is 1. The van der Waals surface area contributed by atoms with Crippen LogP contribution in [-0.2, 0) is 4.74 Å². The van der Waals surface area contributed by atoms with Crippen LogP contribution in [-0.4, -0.2) is 18.2 Å². The fourth-order valence-electron chi connectivity index (χ4n) is 5.66. The van der Waals surface area contributed by atoms with Gasteiger partial charge in [-0.05, 0) is 62.7 Å². The average Bonchev–Trinajstić information content (AvgIpc) is 2.48. The highest BCUT2D eigenvalue weighted by atomic mass is 16.6. The van der Waals surface area contributed by atoms with Gasteiger partial charge in [-0.3, -0.25) is 0 Å². The molecule has 4 saturated carbocycles. The minimum absolute atomic E-state index is 0.0982. The van der Waals surface area contributed by atoms with Crippen molar-refractivity contribution in [3.8, 4) is 0 Å². The Morgan fingerprint density at radius 2 is 1.43 bits per heavy atom. The minimum Gasteiger partial charge on any atom is -0.443 e. The summed E-state index contributed by atoms with van der Waals surface area (Å²) in [5.41, 5.74) is -0.0982. The van der Waals surface area contributed by atoms with Crippen LogP contribution in [0.4, 0.5) is 4.79 Å². The summed E-state index contributed by atoms with van der Waals surface area (Å²) in [5, 5.41) is 3.00. The molecular formula is C20H35NO2. The van der Waals surface area contributed by atoms with Crippen molar-refractivity contribution in [3.63, 3.8) is 0 Å². The monoisotopic (exact) mass is 321 g/mol. The van der Waals surface area contributed by atoms with Crippen molar-refractivity contribution >= 4 is 6.09 Å². The van der Waals surface area contributed by atoms with Crippen molar-refractivity contribution in [2.24, 2.45) is 17.8 Å². The van der Waals surface area contributed by atoms with Gasteiger partial charge < -0.3 is 10.1 Å². The van der Waals surface area contributed by atoms with E-state index < -0.39 is 0 Å². The quantitative estimate of drug-likeness (QED) is 0.575. The molecule has 132 valence electrons. The third-order valence-corrected chi connectivity index (χ3v) is 6.34. The van der Waals surface area contributed by atoms with E-state index in [9.17, 15) is 4.79 Å². The summed E-state index contributed by atoms with van der Waals surface area (Å²) in [4.78, 5) is 12.2. The van der Waals surface area contributed by atoms with E-state index in [4.69, 9.17) is 4.74 Å². The number of unbranched alkanes of at least 4 members (excludes halogenated alkanes) is 6. The molecule has 0 aliphatic heterocycles. The van der Waals surface area contributed by atoms with Crippen LogP contribution in [0.25, 0.3) is 0 Å². The van der Waals surface area contributed by atoms with E-state index >= 15 is 0 Å². The number of alkyl carbamates (subject to hydrolysis) is 1. The van der Waals surface area contributed by atoms with Crippen molar-refractivity contribution in [2.45, 2.75) is 96.0 Å². The molecular weight excluding hydrogens is 286 g/mol. The first-order chi connectivity index (χ1) is 11.2. The second kappa shape index (κ2) is 7.90. The largest absolute Gasteiger partial charge is 0.443 e. The fraction of sp³-hybridized carbons (Fsp3) is 0.950. The third kappa shape index (κ3) is 4.64. The Labute approximate surface area is 141 Å². The Kier molecular flexibility index (Phi) is 5.87. The maximum atomic E-state index is 12.2. The zero-order chi connectivity index (χ0) is 16.1. The molecule has 0 aromatic carbocycles. The van der Waals surface area contributed by atoms with Gasteiger partial charge in [0.1, 0.15) is 5.60 Å². The maximum Gasteiger partial charge on any atom is 0.407 e. The van der Waals surface area contributed by atoms with Gasteiger partial charge in [0.15, 0.2) is 0 Å². The summed E-state index contributed by atoms with van der Waals surface area (Å²) in [5.74, 6) is 2.49. The summed E-state index contributed by atoms with van der Waals surface area (Å²) in [6, 6.07) is 0. The van der Waals surface area contributed by atoms with E-state index in [-0.39, 0.29) is 11.7 Å². The standard InChI is InChI=1S/C20H35NO2/c1-2-3-4-5-6-7-8-9-21-19(22)23-20-13-16-10-17(14-20)12-18(11-16)15-20/h16-18H,2-15H2,1H3,(H,21,22). The molecule has 4 aliphatic rings. The molecule has 3 nitrogen and oxygen atoms in total. The van der Waals surface area contributed by atoms with E-state index in [2.05, 4.69) is 12.2 Å². The zero-order valence-electron chi connectivity index (χ0n) is 14.9. The lowest BCUT2D eigenvalue weighted by atomic mass is 9.54. The number of amides is 1. The Hall–Kier alpha value is -0.730. The number of carbonyl (C=O) groups is 1. The molecule has 4 fully saturated rings. The Morgan fingerprint density at radius 3 is 2.00 bits per heavy atom. The molecule has 0 atom stereocenters. The van der Waals surface area contributed by atoms with E-state index in [1.807, 2.05) is 0 Å². The van der Waals surface area contributed by atoms with Crippen molar-refractivity contribution in [1.29, 1.82) is 0 Å². The van der Waals surface area contributed by atoms with Gasteiger partial charge in [0.25, 0.3) is 0 Å². The summed E-state index contributed by atoms with van der Waals surface area (Å²) in [6.45, 7) is 3.03. The number of carbonyl (C=O) groups excluding carboxylic acids is 1. The highest BCUT2D eigenvalue weighted by Gasteiger charge is 2.53. The topological polar surface area (TPSA) is 38.3 Å². The average molecular weight is 322 g/mol. The van der Waals surface area contributed by atoms with Crippen LogP contribution >= 0.6 is 0 Å². The molecule has 0 aromatic rings. The highest BCUT2D eigenvalue weighted by Crippen LogP contribution is 2.57. The number of hydrogen-bond acceptors (Lipinski definition) is 2. The molecule has 4 aliphatic carbocycles. The SMILES string of the molecule is CCCCCCCCCNC(=O)OC12CC3CC(CC(C3)C1)C2. The van der Waals surface area contributed by atoms with E-state index in [1.54, 1.807) is 0 Å². The minimum atomic E-state index is -0.155. The normalized spacial score (nSPS) is 34.6. The molecule has 0 heterocycles. The summed E-state index contributed by atoms with van der Waals surface area (Å²) >= 11 is 0. The van der Waals surface area contributed by atoms with Crippen molar-refractivity contribution in [3.05, 3.63) is 0 Å². The number of rotatable bonds is 9. The van der Waals surface area contributed by atoms with Gasteiger partial charge in [-0.25, -0.2) is 4.79 Å². The summed E-state index contributed by atoms with van der Waals surface area (Å²) in [7, 11) is 0. The molecule has 0 aromatic heterocycles. The van der Waals surface area contributed by atoms with Crippen LogP contribution in [0.2, 0.25) is 0 Å². The lowest BCUT2D eigenvalue weighted by Gasteiger charge is -2.55. The Balaban J connectivity index is 1.29. The fourth-order valence-corrected chi connectivity index (χ4v) is 5.66. The van der Waals surface area contributed by atoms with Crippen molar-refractivity contribution in [1.82, 2.24) is 5.32 Å². The molecule has 4 rings (SSSR count). The maximum absolute atomic E-state index is 12.2. The Morgan fingerprint density at radius 1 is 0.913 bits per heavy atom. The highest BCUT2D eigenvalue weighted by molar-refractivity contribution is 5.67. The summed E-state index contributed by atoms with van der Waals surface area (Å²) < 4.78 is 5.96. The molecule has 0 radical (unpaired) electrons. The van der Waals surface area contributed by atoms with Gasteiger partial charge in [-0.15, -0.1) is 0 Å². The van der Waals surface area contributed by atoms with Gasteiger partial charge in [-0.2, -0.15) is 0 Å². The lowest BCUT2D eigenvalue weighted by molar-refractivity contribution is -0.127. The summed E-state index contributed by atoms with van der Waals surface area (Å²) in [6.07, 6.45) is 16.4. The Bertz CT molecular complexity index is 358. The molecule has 1 N–H and O–H groups in total. The van der Waals surface area contributed by atoms with Crippen LogP contribution in [0.1, 0.15) is 90.4 Å². The molecule has 1 amide bonds. The molecule has 3 heteroatoms. The van der Waals surface area contributed by atoms with Crippen LogP contribution in [0, 0.1) is 17.8 Å². The van der Waals surface area contributed by atoms with E-state index in [1.165, 1.54) is 57.8 Å². The first-order valence-corrected chi connectivity index (χ1v) is 10.2. The van der Waals surface area contributed by atoms with Crippen LogP contribution in [0.15, 0.2) is 0 Å². The van der Waals surface area contributed by atoms with Crippen LogP contribution in [0.5, 0.6) is 0 Å². The molecule has 23 heavy (non-hydrogen) atoms. The van der Waals surface area contributed by atoms with Gasteiger partial charge in [0.2, 0.25) is 0 Å². The van der Waals surface area contributed by atoms with Gasteiger partial charge in [0.05, 0.1) is 0 Å². The predicted octanol–water partition coefficient (Wildman–Crippen LogP) is 5.43. The smallest absolute Gasteiger partial charge is 0.407 e. The number of nitrogens with one attached hydrogen (secondary N) is 1. The van der Waals surface area contributed by atoms with Gasteiger partial charge >= 0.3 is 6.09 Å². The van der Waals surface area contributed by atoms with Crippen LogP contribution in [0.3, 0.4) is 0 Å². The second-order valence-corrected chi connectivity index (χ2v) is 8.54. The second-order valence-electron chi connectivity index (χ2n) is 8.54. The lowest BCUT2D eigenvalue weighted by Crippen LogP contribution is -2.53. The van der Waals surface area contributed by atoms with Gasteiger partial charge in [-0.1, -0.05) is 45.4 Å². The first-order valence-electron chi connectivity index (χ1n) is 10.2. The molecule has 0 unspecified atom stereocenters. The van der Waals surface area contributed by atoms with E-state index in [0.717, 1.165) is 50.0 Å². The van der Waals surface area contributed by atoms with Crippen molar-refractivity contribution in [2.75, 3.05) is 6.54 Å². The molecule has 0 spiro atoms.